The number of hydrogen-bond donors (Lipinski definition) is 1. The summed E-state index contributed by atoms with van der Waals surface area (Å²) < 4.78 is -1.33. The van der Waals surface area contributed by atoms with Crippen LogP contribution in [0.4, 0.5) is 0 Å². The van der Waals surface area contributed by atoms with Gasteiger partial charge >= 0.3 is 0 Å². The minimum atomic E-state index is -1.33. The molecule has 0 amide bonds. The second-order valence-electron chi connectivity index (χ2n) is 2.13. The van der Waals surface area contributed by atoms with Crippen molar-refractivity contribution < 1.29 is 5.11 Å². The van der Waals surface area contributed by atoms with E-state index in [1.165, 1.54) is 0 Å². The van der Waals surface area contributed by atoms with Crippen molar-refractivity contribution in [2.45, 2.75) is 4.51 Å². The first-order chi connectivity index (χ1) is 5.17. The Balaban J connectivity index is 3.05. The molecule has 0 fully saturated rings. The summed E-state index contributed by atoms with van der Waals surface area (Å²) in [6.07, 6.45) is 5.09. The highest BCUT2D eigenvalue weighted by atomic mass is 79.9. The van der Waals surface area contributed by atoms with Crippen molar-refractivity contribution in [2.75, 3.05) is 0 Å². The Bertz CT molecular complexity index is 271. The SMILES string of the molecule is C#CC(O)(Br)c1ccccc1. The van der Waals surface area contributed by atoms with Gasteiger partial charge in [-0.25, -0.2) is 0 Å². The second kappa shape index (κ2) is 3.08. The van der Waals surface area contributed by atoms with Crippen LogP contribution in [0.15, 0.2) is 30.3 Å². The molecule has 0 heterocycles. The van der Waals surface area contributed by atoms with Crippen LogP contribution in [-0.4, -0.2) is 5.11 Å². The van der Waals surface area contributed by atoms with Gasteiger partial charge in [0.1, 0.15) is 0 Å². The lowest BCUT2D eigenvalue weighted by Crippen LogP contribution is -2.13. The number of benzene rings is 1. The second-order valence-corrected chi connectivity index (χ2v) is 3.28. The summed E-state index contributed by atoms with van der Waals surface area (Å²) >= 11 is 3.01. The maximum absolute atomic E-state index is 9.48. The Hall–Kier alpha value is -0.780. The molecule has 1 unspecified atom stereocenters. The molecule has 0 saturated heterocycles. The van der Waals surface area contributed by atoms with Gasteiger partial charge in [-0.15, -0.1) is 6.42 Å². The third-order valence-corrected chi connectivity index (χ3v) is 2.03. The van der Waals surface area contributed by atoms with E-state index in [0.717, 1.165) is 0 Å². The van der Waals surface area contributed by atoms with E-state index in [4.69, 9.17) is 6.42 Å². The third kappa shape index (κ3) is 1.83. The van der Waals surface area contributed by atoms with Gasteiger partial charge in [0.2, 0.25) is 4.51 Å². The first-order valence-electron chi connectivity index (χ1n) is 3.11. The summed E-state index contributed by atoms with van der Waals surface area (Å²) in [4.78, 5) is 0. The molecular formula is C9H7BrO. The standard InChI is InChI=1S/C9H7BrO/c1-2-9(10,11)8-6-4-3-5-7-8/h1,3-7,11H. The largest absolute Gasteiger partial charge is 0.365 e. The molecular weight excluding hydrogens is 204 g/mol. The molecule has 2 heteroatoms. The van der Waals surface area contributed by atoms with Crippen LogP contribution in [0, 0.1) is 12.3 Å². The van der Waals surface area contributed by atoms with Gasteiger partial charge in [-0.05, 0) is 15.9 Å². The van der Waals surface area contributed by atoms with Crippen molar-refractivity contribution in [1.29, 1.82) is 0 Å². The minimum Gasteiger partial charge on any atom is -0.365 e. The zero-order valence-corrected chi connectivity index (χ0v) is 7.38. The van der Waals surface area contributed by atoms with E-state index in [9.17, 15) is 5.11 Å². The fourth-order valence-electron chi connectivity index (χ4n) is 0.742. The Morgan fingerprint density at radius 3 is 2.36 bits per heavy atom. The molecule has 0 radical (unpaired) electrons. The molecule has 11 heavy (non-hydrogen) atoms. The molecule has 1 rings (SSSR count). The summed E-state index contributed by atoms with van der Waals surface area (Å²) in [5.74, 6) is 2.23. The van der Waals surface area contributed by atoms with Crippen molar-refractivity contribution >= 4 is 15.9 Å². The van der Waals surface area contributed by atoms with Gasteiger partial charge in [-0.3, -0.25) is 0 Å². The summed E-state index contributed by atoms with van der Waals surface area (Å²) in [6.45, 7) is 0. The number of alkyl halides is 1. The Morgan fingerprint density at radius 1 is 1.36 bits per heavy atom. The quantitative estimate of drug-likeness (QED) is 0.555. The van der Waals surface area contributed by atoms with Crippen LogP contribution in [0.3, 0.4) is 0 Å². The summed E-state index contributed by atoms with van der Waals surface area (Å²) in [5, 5.41) is 9.48. The molecule has 0 spiro atoms. The highest BCUT2D eigenvalue weighted by Gasteiger charge is 2.20. The Morgan fingerprint density at radius 2 is 1.91 bits per heavy atom. The van der Waals surface area contributed by atoms with Gasteiger partial charge in [0.25, 0.3) is 0 Å². The minimum absolute atomic E-state index is 0.669. The van der Waals surface area contributed by atoms with Crippen LogP contribution in [-0.2, 0) is 4.51 Å². The Labute approximate surface area is 74.2 Å². The lowest BCUT2D eigenvalue weighted by molar-refractivity contribution is 0.208. The predicted molar refractivity (Wildman–Crippen MR) is 48.1 cm³/mol. The van der Waals surface area contributed by atoms with Gasteiger partial charge in [0.15, 0.2) is 0 Å². The van der Waals surface area contributed by atoms with E-state index in [1.807, 2.05) is 18.2 Å². The molecule has 1 N–H and O–H groups in total. The highest BCUT2D eigenvalue weighted by molar-refractivity contribution is 9.09. The first-order valence-corrected chi connectivity index (χ1v) is 3.90. The number of rotatable bonds is 1. The van der Waals surface area contributed by atoms with Crippen molar-refractivity contribution in [1.82, 2.24) is 0 Å². The molecule has 0 aliphatic carbocycles. The highest BCUT2D eigenvalue weighted by Crippen LogP contribution is 2.26. The van der Waals surface area contributed by atoms with E-state index in [2.05, 4.69) is 21.9 Å². The average Bonchev–Trinajstić information content (AvgIpc) is 2.06. The molecule has 0 saturated carbocycles. The molecule has 56 valence electrons. The first kappa shape index (κ1) is 8.32. The van der Waals surface area contributed by atoms with Crippen molar-refractivity contribution in [3.63, 3.8) is 0 Å². The van der Waals surface area contributed by atoms with Crippen molar-refractivity contribution in [3.8, 4) is 12.3 Å². The maximum Gasteiger partial charge on any atom is 0.207 e. The fourth-order valence-corrected chi connectivity index (χ4v) is 1.01. The monoisotopic (exact) mass is 210 g/mol. The van der Waals surface area contributed by atoms with E-state index in [1.54, 1.807) is 12.1 Å². The van der Waals surface area contributed by atoms with Gasteiger partial charge in [-0.2, -0.15) is 0 Å². The van der Waals surface area contributed by atoms with Crippen LogP contribution in [0.1, 0.15) is 5.56 Å². The zero-order chi connectivity index (χ0) is 8.32. The molecule has 0 bridgehead atoms. The van der Waals surface area contributed by atoms with E-state index >= 15 is 0 Å². The molecule has 1 aromatic rings. The predicted octanol–water partition coefficient (Wildman–Crippen LogP) is 1.86. The fraction of sp³-hybridized carbons (Fsp3) is 0.111. The normalized spacial score (nSPS) is 15.0. The van der Waals surface area contributed by atoms with Crippen LogP contribution >= 0.6 is 15.9 Å². The van der Waals surface area contributed by atoms with Gasteiger partial charge in [-0.1, -0.05) is 36.3 Å². The maximum atomic E-state index is 9.48. The van der Waals surface area contributed by atoms with E-state index in [0.29, 0.717) is 5.56 Å². The molecule has 1 nitrogen and oxygen atoms in total. The molecule has 1 atom stereocenters. The van der Waals surface area contributed by atoms with Crippen molar-refractivity contribution in [2.24, 2.45) is 0 Å². The lowest BCUT2D eigenvalue weighted by Gasteiger charge is -2.13. The molecule has 0 aliphatic rings. The van der Waals surface area contributed by atoms with Crippen LogP contribution < -0.4 is 0 Å². The Kier molecular flexibility index (Phi) is 2.33. The number of aliphatic hydroxyl groups is 1. The van der Waals surface area contributed by atoms with Crippen LogP contribution in [0.2, 0.25) is 0 Å². The van der Waals surface area contributed by atoms with Gasteiger partial charge in [0, 0.05) is 5.56 Å². The number of terminal acetylenes is 1. The third-order valence-electron chi connectivity index (χ3n) is 1.35. The van der Waals surface area contributed by atoms with Crippen LogP contribution in [0.5, 0.6) is 0 Å². The van der Waals surface area contributed by atoms with Crippen molar-refractivity contribution in [3.05, 3.63) is 35.9 Å². The molecule has 0 aromatic heterocycles. The molecule has 1 aromatic carbocycles. The molecule has 0 aliphatic heterocycles. The summed E-state index contributed by atoms with van der Waals surface area (Å²) in [5.41, 5.74) is 0.669. The van der Waals surface area contributed by atoms with E-state index in [-0.39, 0.29) is 0 Å². The summed E-state index contributed by atoms with van der Waals surface area (Å²) in [6, 6.07) is 9.02. The van der Waals surface area contributed by atoms with E-state index < -0.39 is 4.51 Å². The lowest BCUT2D eigenvalue weighted by atomic mass is 10.1. The number of halogens is 1. The van der Waals surface area contributed by atoms with Crippen LogP contribution in [0.25, 0.3) is 0 Å². The number of hydrogen-bond acceptors (Lipinski definition) is 1. The topological polar surface area (TPSA) is 20.2 Å². The smallest absolute Gasteiger partial charge is 0.207 e. The van der Waals surface area contributed by atoms with Gasteiger partial charge < -0.3 is 5.11 Å². The zero-order valence-electron chi connectivity index (χ0n) is 5.79. The van der Waals surface area contributed by atoms with Gasteiger partial charge in [0.05, 0.1) is 0 Å². The average molecular weight is 211 g/mol. The summed E-state index contributed by atoms with van der Waals surface area (Å²) in [7, 11) is 0.